The molecule has 0 saturated heterocycles. The predicted molar refractivity (Wildman–Crippen MR) is 102 cm³/mol. The van der Waals surface area contributed by atoms with Crippen molar-refractivity contribution in [1.29, 1.82) is 0 Å². The largest absolute Gasteiger partial charge is 0.415 e. The zero-order valence-corrected chi connectivity index (χ0v) is 18.5. The van der Waals surface area contributed by atoms with Crippen molar-refractivity contribution in [2.45, 2.75) is 89.9 Å². The molecule has 0 rings (SSSR count). The van der Waals surface area contributed by atoms with Crippen molar-refractivity contribution < 1.29 is 8.85 Å². The highest BCUT2D eigenvalue weighted by atomic mass is 28.4. The summed E-state index contributed by atoms with van der Waals surface area (Å²) in [7, 11) is -3.54. The molecule has 0 aliphatic carbocycles. The first kappa shape index (κ1) is 22.3. The summed E-state index contributed by atoms with van der Waals surface area (Å²) in [6, 6.07) is -0.363. The highest BCUT2D eigenvalue weighted by molar-refractivity contribution is 6.74. The van der Waals surface area contributed by atoms with Crippen LogP contribution in [0, 0.1) is 0 Å². The van der Waals surface area contributed by atoms with E-state index in [1.165, 1.54) is 0 Å². The van der Waals surface area contributed by atoms with E-state index >= 15 is 0 Å². The molecule has 0 heterocycles. The topological polar surface area (TPSA) is 70.5 Å². The molecule has 0 radical (unpaired) electrons. The molecule has 22 heavy (non-hydrogen) atoms. The molecule has 0 aliphatic heterocycles. The molecule has 0 spiro atoms. The fourth-order valence-electron chi connectivity index (χ4n) is 1.29. The Morgan fingerprint density at radius 1 is 0.682 bits per heavy atom. The molecule has 0 saturated carbocycles. The molecule has 0 aromatic rings. The number of hydrogen-bond donors (Lipinski definition) is 2. The maximum atomic E-state index is 6.21. The Morgan fingerprint density at radius 2 is 0.909 bits per heavy atom. The summed E-state index contributed by atoms with van der Waals surface area (Å²) in [6.45, 7) is 23.3. The molecule has 0 unspecified atom stereocenters. The first-order chi connectivity index (χ1) is 9.51. The Balaban J connectivity index is 4.44. The van der Waals surface area contributed by atoms with Gasteiger partial charge in [0.25, 0.3) is 0 Å². The number of rotatable bonds is 7. The Bertz CT molecular complexity index is 313. The first-order valence-electron chi connectivity index (χ1n) is 8.30. The number of nitrogens with two attached hydrogens (primary N) is 2. The second-order valence-electron chi connectivity index (χ2n) is 9.47. The van der Waals surface area contributed by atoms with E-state index in [2.05, 4.69) is 67.7 Å². The van der Waals surface area contributed by atoms with Crippen LogP contribution in [0.15, 0.2) is 0 Å². The summed E-state index contributed by atoms with van der Waals surface area (Å²) in [5.74, 6) is 0. The van der Waals surface area contributed by atoms with Gasteiger partial charge in [0.15, 0.2) is 16.6 Å². The Morgan fingerprint density at radius 3 is 1.09 bits per heavy atom. The van der Waals surface area contributed by atoms with Crippen molar-refractivity contribution in [2.24, 2.45) is 11.5 Å². The summed E-state index contributed by atoms with van der Waals surface area (Å²) in [5, 5.41) is 0.378. The summed E-state index contributed by atoms with van der Waals surface area (Å²) in [4.78, 5) is 0. The Hall–Kier alpha value is 0.274. The minimum absolute atomic E-state index is 0.182. The van der Waals surface area contributed by atoms with E-state index in [0.29, 0.717) is 13.2 Å². The van der Waals surface area contributed by atoms with E-state index in [0.717, 1.165) is 0 Å². The highest BCUT2D eigenvalue weighted by Gasteiger charge is 2.39. The zero-order chi connectivity index (χ0) is 18.0. The van der Waals surface area contributed by atoms with Gasteiger partial charge in [0.2, 0.25) is 0 Å². The molecule has 6 heteroatoms. The van der Waals surface area contributed by atoms with E-state index in [9.17, 15) is 0 Å². The summed E-state index contributed by atoms with van der Waals surface area (Å²) >= 11 is 0. The minimum atomic E-state index is -1.77. The quantitative estimate of drug-likeness (QED) is 0.688. The smallest absolute Gasteiger partial charge is 0.192 e. The van der Waals surface area contributed by atoms with Gasteiger partial charge in [-0.15, -0.1) is 0 Å². The van der Waals surface area contributed by atoms with Crippen LogP contribution in [0.3, 0.4) is 0 Å². The van der Waals surface area contributed by atoms with E-state index in [1.807, 2.05) is 0 Å². The zero-order valence-electron chi connectivity index (χ0n) is 16.5. The molecule has 0 aromatic heterocycles. The maximum absolute atomic E-state index is 6.21. The van der Waals surface area contributed by atoms with Crippen molar-refractivity contribution in [2.75, 3.05) is 13.2 Å². The third-order valence-corrected chi connectivity index (χ3v) is 14.4. The number of hydrogen-bond acceptors (Lipinski definition) is 4. The van der Waals surface area contributed by atoms with Gasteiger partial charge in [-0.1, -0.05) is 41.5 Å². The van der Waals surface area contributed by atoms with Gasteiger partial charge in [-0.05, 0) is 36.3 Å². The average Bonchev–Trinajstić information content (AvgIpc) is 2.30. The SMILES string of the molecule is CC(C)(C)[Si](C)(C)OC[C@@H](N)[C@H](N)CO[Si](C)(C)C(C)(C)C. The fraction of sp³-hybridized carbons (Fsp3) is 1.00. The molecule has 4 nitrogen and oxygen atoms in total. The third kappa shape index (κ3) is 6.41. The second kappa shape index (κ2) is 7.44. The molecule has 0 aromatic carbocycles. The molecule has 134 valence electrons. The molecule has 0 bridgehead atoms. The van der Waals surface area contributed by atoms with Gasteiger partial charge >= 0.3 is 0 Å². The van der Waals surface area contributed by atoms with Crippen LogP contribution in [0.5, 0.6) is 0 Å². The molecule has 2 atom stereocenters. The van der Waals surface area contributed by atoms with Gasteiger partial charge in [0.05, 0.1) is 13.2 Å². The lowest BCUT2D eigenvalue weighted by molar-refractivity contribution is 0.202. The Kier molecular flexibility index (Phi) is 7.54. The van der Waals surface area contributed by atoms with E-state index in [-0.39, 0.29) is 22.2 Å². The van der Waals surface area contributed by atoms with Gasteiger partial charge in [-0.3, -0.25) is 0 Å². The minimum Gasteiger partial charge on any atom is -0.415 e. The average molecular weight is 349 g/mol. The lowest BCUT2D eigenvalue weighted by Gasteiger charge is -2.39. The Labute approximate surface area is 140 Å². The van der Waals surface area contributed by atoms with E-state index < -0.39 is 16.6 Å². The van der Waals surface area contributed by atoms with E-state index in [4.69, 9.17) is 20.3 Å². The van der Waals surface area contributed by atoms with E-state index in [1.54, 1.807) is 0 Å². The lowest BCUT2D eigenvalue weighted by Crippen LogP contribution is -2.53. The van der Waals surface area contributed by atoms with Crippen molar-refractivity contribution in [3.8, 4) is 0 Å². The van der Waals surface area contributed by atoms with Crippen LogP contribution >= 0.6 is 0 Å². The first-order valence-corrected chi connectivity index (χ1v) is 14.1. The highest BCUT2D eigenvalue weighted by Crippen LogP contribution is 2.37. The van der Waals surface area contributed by atoms with Crippen molar-refractivity contribution in [1.82, 2.24) is 0 Å². The molecule has 4 N–H and O–H groups in total. The van der Waals surface area contributed by atoms with Gasteiger partial charge < -0.3 is 20.3 Å². The normalized spacial score (nSPS) is 17.5. The van der Waals surface area contributed by atoms with Crippen LogP contribution in [-0.4, -0.2) is 41.9 Å². The lowest BCUT2D eigenvalue weighted by atomic mass is 10.2. The van der Waals surface area contributed by atoms with Gasteiger partial charge in [-0.2, -0.15) is 0 Å². The molecular formula is C16H40N2O2Si2. The molecule has 0 fully saturated rings. The van der Waals surface area contributed by atoms with Crippen LogP contribution in [-0.2, 0) is 8.85 Å². The molecule has 0 amide bonds. The van der Waals surface area contributed by atoms with Crippen LogP contribution < -0.4 is 11.5 Å². The second-order valence-corrected chi connectivity index (χ2v) is 19.1. The van der Waals surface area contributed by atoms with Gasteiger partial charge in [0.1, 0.15) is 0 Å². The van der Waals surface area contributed by atoms with Gasteiger partial charge in [0, 0.05) is 12.1 Å². The van der Waals surface area contributed by atoms with Crippen LogP contribution in [0.1, 0.15) is 41.5 Å². The van der Waals surface area contributed by atoms with Crippen LogP contribution in [0.2, 0.25) is 36.3 Å². The van der Waals surface area contributed by atoms with Crippen molar-refractivity contribution in [3.63, 3.8) is 0 Å². The summed E-state index contributed by atoms with van der Waals surface area (Å²) in [6.07, 6.45) is 0. The standard InChI is InChI=1S/C16H40N2O2Si2/c1-15(2,3)21(7,8)19-11-13(17)14(18)12-20-22(9,10)16(4,5)6/h13-14H,11-12,17-18H2,1-10H3/t13-,14-/m1/s1. The fourth-order valence-corrected chi connectivity index (χ4v) is 3.37. The molecule has 0 aliphatic rings. The summed E-state index contributed by atoms with van der Waals surface area (Å²) < 4.78 is 12.3. The summed E-state index contributed by atoms with van der Waals surface area (Å²) in [5.41, 5.74) is 12.4. The van der Waals surface area contributed by atoms with Crippen LogP contribution in [0.25, 0.3) is 0 Å². The predicted octanol–water partition coefficient (Wildman–Crippen LogP) is 3.68. The maximum Gasteiger partial charge on any atom is 0.192 e. The van der Waals surface area contributed by atoms with Gasteiger partial charge in [-0.25, -0.2) is 0 Å². The van der Waals surface area contributed by atoms with Crippen molar-refractivity contribution >= 4 is 16.6 Å². The van der Waals surface area contributed by atoms with Crippen LogP contribution in [0.4, 0.5) is 0 Å². The van der Waals surface area contributed by atoms with Crippen molar-refractivity contribution in [3.05, 3.63) is 0 Å². The third-order valence-electron chi connectivity index (χ3n) is 5.44. The molecular weight excluding hydrogens is 308 g/mol. The monoisotopic (exact) mass is 348 g/mol.